The Hall–Kier alpha value is -0.780. The first-order chi connectivity index (χ1) is 6.71. The molecule has 0 radical (unpaired) electrons. The first-order valence-corrected chi connectivity index (χ1v) is 5.69. The number of hydrogen-bond donors (Lipinski definition) is 0. The SMILES string of the molecule is C=CC1=C(C=C)C(C)CCC1.CCC. The van der Waals surface area contributed by atoms with Gasteiger partial charge < -0.3 is 0 Å². The lowest BCUT2D eigenvalue weighted by Crippen LogP contribution is -2.06. The minimum atomic E-state index is 0.689. The van der Waals surface area contributed by atoms with Crippen molar-refractivity contribution >= 4 is 0 Å². The van der Waals surface area contributed by atoms with E-state index in [0.29, 0.717) is 5.92 Å². The molecule has 0 heterocycles. The van der Waals surface area contributed by atoms with Crippen LogP contribution in [0.1, 0.15) is 46.5 Å². The van der Waals surface area contributed by atoms with Crippen LogP contribution in [-0.2, 0) is 0 Å². The zero-order valence-corrected chi connectivity index (χ0v) is 9.97. The van der Waals surface area contributed by atoms with Crippen LogP contribution in [0.5, 0.6) is 0 Å². The van der Waals surface area contributed by atoms with Gasteiger partial charge in [-0.1, -0.05) is 52.5 Å². The van der Waals surface area contributed by atoms with Gasteiger partial charge in [0.1, 0.15) is 0 Å². The molecule has 0 saturated heterocycles. The predicted octanol–water partition coefficient (Wildman–Crippen LogP) is 4.89. The smallest absolute Gasteiger partial charge is 0.0188 e. The Kier molecular flexibility index (Phi) is 7.18. The van der Waals surface area contributed by atoms with Crippen molar-refractivity contribution in [3.8, 4) is 0 Å². The Bertz CT molecular complexity index is 208. The highest BCUT2D eigenvalue weighted by Gasteiger charge is 2.14. The summed E-state index contributed by atoms with van der Waals surface area (Å²) in [6.45, 7) is 14.2. The molecule has 0 saturated carbocycles. The second-order valence-electron chi connectivity index (χ2n) is 3.89. The molecule has 1 atom stereocenters. The fourth-order valence-electron chi connectivity index (χ4n) is 1.77. The summed E-state index contributed by atoms with van der Waals surface area (Å²) in [4.78, 5) is 0. The summed E-state index contributed by atoms with van der Waals surface area (Å²) in [6.07, 6.45) is 9.02. The van der Waals surface area contributed by atoms with E-state index < -0.39 is 0 Å². The predicted molar refractivity (Wildman–Crippen MR) is 66.4 cm³/mol. The normalized spacial score (nSPS) is 20.9. The van der Waals surface area contributed by atoms with Crippen LogP contribution in [0.2, 0.25) is 0 Å². The van der Waals surface area contributed by atoms with Crippen molar-refractivity contribution in [1.29, 1.82) is 0 Å². The molecule has 0 aromatic rings. The maximum atomic E-state index is 3.83. The third kappa shape index (κ3) is 3.95. The van der Waals surface area contributed by atoms with Gasteiger partial charge in [0, 0.05) is 0 Å². The molecule has 14 heavy (non-hydrogen) atoms. The summed E-state index contributed by atoms with van der Waals surface area (Å²) in [5.41, 5.74) is 2.81. The summed E-state index contributed by atoms with van der Waals surface area (Å²) in [5, 5.41) is 0. The van der Waals surface area contributed by atoms with Crippen molar-refractivity contribution in [2.24, 2.45) is 5.92 Å². The largest absolute Gasteiger partial charge is 0.0988 e. The Balaban J connectivity index is 0.000000500. The van der Waals surface area contributed by atoms with E-state index in [4.69, 9.17) is 0 Å². The average Bonchev–Trinajstić information content (AvgIpc) is 2.18. The van der Waals surface area contributed by atoms with Gasteiger partial charge in [-0.05, 0) is 36.3 Å². The topological polar surface area (TPSA) is 0 Å². The van der Waals surface area contributed by atoms with E-state index in [1.807, 2.05) is 12.2 Å². The third-order valence-electron chi connectivity index (χ3n) is 2.45. The highest BCUT2D eigenvalue weighted by atomic mass is 14.2. The first-order valence-electron chi connectivity index (χ1n) is 5.69. The van der Waals surface area contributed by atoms with E-state index in [1.54, 1.807) is 0 Å². The molecule has 0 aromatic heterocycles. The van der Waals surface area contributed by atoms with Crippen LogP contribution >= 0.6 is 0 Å². The molecule has 80 valence electrons. The third-order valence-corrected chi connectivity index (χ3v) is 2.45. The summed E-state index contributed by atoms with van der Waals surface area (Å²) < 4.78 is 0. The molecule has 0 N–H and O–H groups in total. The summed E-state index contributed by atoms with van der Waals surface area (Å²) in [7, 11) is 0. The monoisotopic (exact) mass is 192 g/mol. The lowest BCUT2D eigenvalue weighted by atomic mass is 9.84. The van der Waals surface area contributed by atoms with E-state index in [2.05, 4.69) is 33.9 Å². The fraction of sp³-hybridized carbons (Fsp3) is 0.571. The molecule has 0 aliphatic heterocycles. The molecule has 0 bridgehead atoms. The molecular weight excluding hydrogens is 168 g/mol. The van der Waals surface area contributed by atoms with Crippen LogP contribution < -0.4 is 0 Å². The van der Waals surface area contributed by atoms with Gasteiger partial charge >= 0.3 is 0 Å². The van der Waals surface area contributed by atoms with Gasteiger partial charge in [0.2, 0.25) is 0 Å². The van der Waals surface area contributed by atoms with E-state index in [1.165, 1.54) is 36.8 Å². The van der Waals surface area contributed by atoms with Crippen molar-refractivity contribution in [2.45, 2.75) is 46.5 Å². The molecule has 0 nitrogen and oxygen atoms in total. The van der Waals surface area contributed by atoms with Crippen LogP contribution in [0.15, 0.2) is 36.5 Å². The van der Waals surface area contributed by atoms with Crippen LogP contribution in [0, 0.1) is 5.92 Å². The van der Waals surface area contributed by atoms with E-state index in [0.717, 1.165) is 0 Å². The Morgan fingerprint density at radius 1 is 1.29 bits per heavy atom. The standard InChI is InChI=1S/C11H16.C3H8/c1-4-10-8-6-7-9(3)11(10)5-2;1-3-2/h4-5,9H,1-2,6-8H2,3H3;3H2,1-2H3. The van der Waals surface area contributed by atoms with Crippen LogP contribution in [0.25, 0.3) is 0 Å². The Morgan fingerprint density at radius 2 is 1.86 bits per heavy atom. The summed E-state index contributed by atoms with van der Waals surface area (Å²) >= 11 is 0. The van der Waals surface area contributed by atoms with Crippen LogP contribution in [0.4, 0.5) is 0 Å². The molecular formula is C14H24. The molecule has 0 amide bonds. The lowest BCUT2D eigenvalue weighted by molar-refractivity contribution is 0.552. The van der Waals surface area contributed by atoms with Crippen molar-refractivity contribution in [1.82, 2.24) is 0 Å². The van der Waals surface area contributed by atoms with Crippen LogP contribution in [-0.4, -0.2) is 0 Å². The van der Waals surface area contributed by atoms with Gasteiger partial charge in [0.25, 0.3) is 0 Å². The van der Waals surface area contributed by atoms with Crippen molar-refractivity contribution < 1.29 is 0 Å². The first kappa shape index (κ1) is 13.2. The van der Waals surface area contributed by atoms with Crippen molar-refractivity contribution in [3.05, 3.63) is 36.5 Å². The molecule has 1 aliphatic carbocycles. The van der Waals surface area contributed by atoms with Gasteiger partial charge in [0.15, 0.2) is 0 Å². The maximum absolute atomic E-state index is 3.83. The number of allylic oxidation sites excluding steroid dienone is 4. The molecule has 1 unspecified atom stereocenters. The second kappa shape index (κ2) is 7.61. The van der Waals surface area contributed by atoms with E-state index in [9.17, 15) is 0 Å². The molecule has 0 fully saturated rings. The van der Waals surface area contributed by atoms with Crippen LogP contribution in [0.3, 0.4) is 0 Å². The molecule has 1 aliphatic rings. The zero-order valence-electron chi connectivity index (χ0n) is 9.97. The minimum Gasteiger partial charge on any atom is -0.0988 e. The average molecular weight is 192 g/mol. The highest BCUT2D eigenvalue weighted by molar-refractivity contribution is 5.34. The number of rotatable bonds is 2. The van der Waals surface area contributed by atoms with Crippen molar-refractivity contribution in [2.75, 3.05) is 0 Å². The molecule has 0 heteroatoms. The Morgan fingerprint density at radius 3 is 2.21 bits per heavy atom. The van der Waals surface area contributed by atoms with Gasteiger partial charge in [-0.3, -0.25) is 0 Å². The zero-order chi connectivity index (χ0) is 11.0. The Labute approximate surface area is 89.4 Å². The number of hydrogen-bond acceptors (Lipinski definition) is 0. The van der Waals surface area contributed by atoms with E-state index >= 15 is 0 Å². The fourth-order valence-corrected chi connectivity index (χ4v) is 1.77. The molecule has 0 aromatic carbocycles. The van der Waals surface area contributed by atoms with E-state index in [-0.39, 0.29) is 0 Å². The minimum absolute atomic E-state index is 0.689. The summed E-state index contributed by atoms with van der Waals surface area (Å²) in [6, 6.07) is 0. The molecule has 0 spiro atoms. The second-order valence-corrected chi connectivity index (χ2v) is 3.89. The van der Waals surface area contributed by atoms with Gasteiger partial charge in [-0.2, -0.15) is 0 Å². The van der Waals surface area contributed by atoms with Gasteiger partial charge in [0.05, 0.1) is 0 Å². The van der Waals surface area contributed by atoms with Gasteiger partial charge in [-0.25, -0.2) is 0 Å². The maximum Gasteiger partial charge on any atom is -0.0188 e. The van der Waals surface area contributed by atoms with Gasteiger partial charge in [-0.15, -0.1) is 0 Å². The highest BCUT2D eigenvalue weighted by Crippen LogP contribution is 2.30. The van der Waals surface area contributed by atoms with Crippen molar-refractivity contribution in [3.63, 3.8) is 0 Å². The molecule has 1 rings (SSSR count). The quantitative estimate of drug-likeness (QED) is 0.584. The lowest BCUT2D eigenvalue weighted by Gasteiger charge is -2.21. The summed E-state index contributed by atoms with van der Waals surface area (Å²) in [5.74, 6) is 0.689.